The van der Waals surface area contributed by atoms with Crippen LogP contribution in [-0.2, 0) is 4.79 Å². The van der Waals surface area contributed by atoms with E-state index in [0.717, 1.165) is 13.0 Å². The zero-order valence-corrected chi connectivity index (χ0v) is 13.7. The predicted molar refractivity (Wildman–Crippen MR) is 86.6 cm³/mol. The Morgan fingerprint density at radius 2 is 1.90 bits per heavy atom. The average Bonchev–Trinajstić information content (AvgIpc) is 2.38. The van der Waals surface area contributed by atoms with Crippen molar-refractivity contribution in [3.8, 4) is 0 Å². The predicted octanol–water partition coefficient (Wildman–Crippen LogP) is 4.35. The molecule has 0 heterocycles. The number of carbonyl (C=O) groups excluding carboxylic acids is 1. The van der Waals surface area contributed by atoms with Gasteiger partial charge >= 0.3 is 0 Å². The van der Waals surface area contributed by atoms with Gasteiger partial charge in [-0.05, 0) is 44.0 Å². The van der Waals surface area contributed by atoms with Gasteiger partial charge in [-0.15, -0.1) is 0 Å². The van der Waals surface area contributed by atoms with Crippen molar-refractivity contribution in [2.24, 2.45) is 5.92 Å². The summed E-state index contributed by atoms with van der Waals surface area (Å²) in [7, 11) is 0. The molecule has 0 aliphatic heterocycles. The third kappa shape index (κ3) is 6.12. The summed E-state index contributed by atoms with van der Waals surface area (Å²) in [5.74, 6) is 0.586. The molecule has 0 saturated heterocycles. The molecular weight excluding hydrogens is 295 g/mol. The minimum atomic E-state index is -0.0117. The molecule has 0 saturated carbocycles. The Labute approximate surface area is 131 Å². The number of carbonyl (C=O) groups is 1. The Morgan fingerprint density at radius 1 is 1.20 bits per heavy atom. The fourth-order valence-electron chi connectivity index (χ4n) is 1.61. The summed E-state index contributed by atoms with van der Waals surface area (Å²) in [6.45, 7) is 7.35. The molecule has 2 N–H and O–H groups in total. The highest BCUT2D eigenvalue weighted by Crippen LogP contribution is 2.25. The van der Waals surface area contributed by atoms with Crippen molar-refractivity contribution in [3.05, 3.63) is 28.2 Å². The molecule has 20 heavy (non-hydrogen) atoms. The SMILES string of the molecule is CC(C)C(C)NCCCC(=O)Nc1ccc(Cl)c(Cl)c1. The number of amides is 1. The highest BCUT2D eigenvalue weighted by Gasteiger charge is 2.07. The van der Waals surface area contributed by atoms with Crippen LogP contribution < -0.4 is 10.6 Å². The van der Waals surface area contributed by atoms with Crippen LogP contribution in [0.5, 0.6) is 0 Å². The number of anilines is 1. The zero-order chi connectivity index (χ0) is 15.1. The fourth-order valence-corrected chi connectivity index (χ4v) is 1.91. The summed E-state index contributed by atoms with van der Waals surface area (Å²) < 4.78 is 0. The first kappa shape index (κ1) is 17.3. The van der Waals surface area contributed by atoms with Crippen LogP contribution in [0.3, 0.4) is 0 Å². The van der Waals surface area contributed by atoms with Crippen molar-refractivity contribution >= 4 is 34.8 Å². The molecule has 0 aliphatic rings. The topological polar surface area (TPSA) is 41.1 Å². The molecule has 0 spiro atoms. The van der Waals surface area contributed by atoms with Crippen molar-refractivity contribution in [3.63, 3.8) is 0 Å². The van der Waals surface area contributed by atoms with E-state index in [9.17, 15) is 4.79 Å². The summed E-state index contributed by atoms with van der Waals surface area (Å²) in [4.78, 5) is 11.8. The molecule has 0 aromatic heterocycles. The van der Waals surface area contributed by atoms with E-state index in [-0.39, 0.29) is 5.91 Å². The van der Waals surface area contributed by atoms with Crippen molar-refractivity contribution in [1.29, 1.82) is 0 Å². The molecule has 5 heteroatoms. The van der Waals surface area contributed by atoms with Gasteiger partial charge in [0.25, 0.3) is 0 Å². The molecule has 1 aromatic rings. The number of hydrogen-bond acceptors (Lipinski definition) is 2. The van der Waals surface area contributed by atoms with Gasteiger partial charge in [0.2, 0.25) is 5.91 Å². The summed E-state index contributed by atoms with van der Waals surface area (Å²) >= 11 is 11.7. The summed E-state index contributed by atoms with van der Waals surface area (Å²) in [6.07, 6.45) is 1.29. The summed E-state index contributed by atoms with van der Waals surface area (Å²) in [5, 5.41) is 7.13. The van der Waals surface area contributed by atoms with Crippen molar-refractivity contribution in [2.75, 3.05) is 11.9 Å². The minimum Gasteiger partial charge on any atom is -0.326 e. The fraction of sp³-hybridized carbons (Fsp3) is 0.533. The maximum absolute atomic E-state index is 11.8. The van der Waals surface area contributed by atoms with Gasteiger partial charge in [-0.3, -0.25) is 4.79 Å². The van der Waals surface area contributed by atoms with E-state index in [1.807, 2.05) is 0 Å². The van der Waals surface area contributed by atoms with Crippen LogP contribution in [0.2, 0.25) is 10.0 Å². The Balaban J connectivity index is 2.28. The second-order valence-electron chi connectivity index (χ2n) is 5.27. The smallest absolute Gasteiger partial charge is 0.224 e. The molecule has 0 aliphatic carbocycles. The van der Waals surface area contributed by atoms with Gasteiger partial charge in [0.15, 0.2) is 0 Å². The van der Waals surface area contributed by atoms with Crippen LogP contribution in [0.4, 0.5) is 5.69 Å². The van der Waals surface area contributed by atoms with Crippen LogP contribution in [0.25, 0.3) is 0 Å². The average molecular weight is 317 g/mol. The molecule has 0 radical (unpaired) electrons. The largest absolute Gasteiger partial charge is 0.326 e. The van der Waals surface area contributed by atoms with Gasteiger partial charge in [0, 0.05) is 18.2 Å². The maximum atomic E-state index is 11.8. The van der Waals surface area contributed by atoms with E-state index < -0.39 is 0 Å². The first-order valence-corrected chi connectivity index (χ1v) is 7.64. The molecule has 1 aromatic carbocycles. The van der Waals surface area contributed by atoms with Gasteiger partial charge in [-0.25, -0.2) is 0 Å². The molecule has 0 fully saturated rings. The van der Waals surface area contributed by atoms with Gasteiger partial charge in [0.05, 0.1) is 10.0 Å². The molecule has 1 atom stereocenters. The lowest BCUT2D eigenvalue weighted by Crippen LogP contribution is -2.31. The van der Waals surface area contributed by atoms with E-state index in [0.29, 0.717) is 34.1 Å². The minimum absolute atomic E-state index is 0.0117. The third-order valence-corrected chi connectivity index (χ3v) is 3.99. The van der Waals surface area contributed by atoms with Gasteiger partial charge in [0.1, 0.15) is 0 Å². The van der Waals surface area contributed by atoms with E-state index in [1.165, 1.54) is 0 Å². The number of nitrogens with one attached hydrogen (secondary N) is 2. The maximum Gasteiger partial charge on any atom is 0.224 e. The quantitative estimate of drug-likeness (QED) is 0.734. The molecule has 1 amide bonds. The molecular formula is C15H22Cl2N2O. The highest BCUT2D eigenvalue weighted by molar-refractivity contribution is 6.42. The van der Waals surface area contributed by atoms with Crippen LogP contribution in [-0.4, -0.2) is 18.5 Å². The molecule has 3 nitrogen and oxygen atoms in total. The first-order chi connectivity index (χ1) is 9.40. The van der Waals surface area contributed by atoms with Gasteiger partial charge in [-0.2, -0.15) is 0 Å². The molecule has 1 rings (SSSR count). The van der Waals surface area contributed by atoms with E-state index in [2.05, 4.69) is 31.4 Å². The van der Waals surface area contributed by atoms with Gasteiger partial charge < -0.3 is 10.6 Å². The molecule has 0 bridgehead atoms. The summed E-state index contributed by atoms with van der Waals surface area (Å²) in [6, 6.07) is 5.53. The first-order valence-electron chi connectivity index (χ1n) is 6.88. The van der Waals surface area contributed by atoms with Crippen molar-refractivity contribution < 1.29 is 4.79 Å². The van der Waals surface area contributed by atoms with E-state index >= 15 is 0 Å². The van der Waals surface area contributed by atoms with Crippen molar-refractivity contribution in [2.45, 2.75) is 39.7 Å². The van der Waals surface area contributed by atoms with E-state index in [4.69, 9.17) is 23.2 Å². The van der Waals surface area contributed by atoms with Crippen LogP contribution in [0, 0.1) is 5.92 Å². The Morgan fingerprint density at radius 3 is 2.50 bits per heavy atom. The standard InChI is InChI=1S/C15H22Cl2N2O/c1-10(2)11(3)18-8-4-5-15(20)19-12-6-7-13(16)14(17)9-12/h6-7,9-11,18H,4-5,8H2,1-3H3,(H,19,20). The monoisotopic (exact) mass is 316 g/mol. The lowest BCUT2D eigenvalue weighted by molar-refractivity contribution is -0.116. The number of rotatable bonds is 7. The normalized spacial score (nSPS) is 12.5. The summed E-state index contributed by atoms with van der Waals surface area (Å²) in [5.41, 5.74) is 0.674. The lowest BCUT2D eigenvalue weighted by Gasteiger charge is -2.17. The Kier molecular flexibility index (Phi) is 7.35. The van der Waals surface area contributed by atoms with Crippen molar-refractivity contribution in [1.82, 2.24) is 5.32 Å². The van der Waals surface area contributed by atoms with Crippen LogP contribution in [0.1, 0.15) is 33.6 Å². The third-order valence-electron chi connectivity index (χ3n) is 3.25. The van der Waals surface area contributed by atoms with E-state index in [1.54, 1.807) is 18.2 Å². The number of halogens is 2. The van der Waals surface area contributed by atoms with Gasteiger partial charge in [-0.1, -0.05) is 37.0 Å². The second-order valence-corrected chi connectivity index (χ2v) is 6.08. The second kappa shape index (κ2) is 8.50. The Bertz CT molecular complexity index is 449. The Hall–Kier alpha value is -0.770. The molecule has 1 unspecified atom stereocenters. The van der Waals surface area contributed by atoms with Crippen LogP contribution in [0.15, 0.2) is 18.2 Å². The number of hydrogen-bond donors (Lipinski definition) is 2. The van der Waals surface area contributed by atoms with Crippen LogP contribution >= 0.6 is 23.2 Å². The highest BCUT2D eigenvalue weighted by atomic mass is 35.5. The lowest BCUT2D eigenvalue weighted by atomic mass is 10.1. The number of benzene rings is 1. The molecule has 112 valence electrons. The zero-order valence-electron chi connectivity index (χ0n) is 12.2.